The van der Waals surface area contributed by atoms with E-state index in [1.807, 2.05) is 16.7 Å². The van der Waals surface area contributed by atoms with Crippen molar-refractivity contribution >= 4 is 28.5 Å². The summed E-state index contributed by atoms with van der Waals surface area (Å²) in [6, 6.07) is 7.51. The Kier molecular flexibility index (Phi) is 4.07. The number of imidazole rings is 2. The summed E-state index contributed by atoms with van der Waals surface area (Å²) in [7, 11) is 0. The van der Waals surface area contributed by atoms with Gasteiger partial charge in [0, 0.05) is 39.0 Å². The third-order valence-corrected chi connectivity index (χ3v) is 6.00. The predicted octanol–water partition coefficient (Wildman–Crippen LogP) is 4.57. The predicted molar refractivity (Wildman–Crippen MR) is 121 cm³/mol. The molecule has 0 aliphatic heterocycles. The standard InChI is InChI=1S/C24H21ClN6O/c25-19-7-8-29-15-26-21(22(29)9-19)4-5-23(32)18-10-27-31(12-18)14-20-13-30-11-17(16-1-2-16)3-6-24(30)28-20/h3,6-13,15-16H,1-2,4-5,14H2/i4D2. The minimum absolute atomic E-state index is 0.186. The molecule has 160 valence electrons. The maximum Gasteiger partial charge on any atom is 0.166 e. The first-order valence-corrected chi connectivity index (χ1v) is 10.9. The van der Waals surface area contributed by atoms with Crippen LogP contribution < -0.4 is 0 Å². The molecular weight excluding hydrogens is 424 g/mol. The summed E-state index contributed by atoms with van der Waals surface area (Å²) in [5.74, 6) is 0.330. The molecule has 7 nitrogen and oxygen atoms in total. The normalized spacial score (nSPS) is 15.3. The number of halogens is 1. The van der Waals surface area contributed by atoms with Crippen LogP contribution in [0.15, 0.2) is 61.6 Å². The van der Waals surface area contributed by atoms with Crippen molar-refractivity contribution in [3.8, 4) is 0 Å². The minimum Gasteiger partial charge on any atom is -0.306 e. The second-order valence-corrected chi connectivity index (χ2v) is 8.60. The highest BCUT2D eigenvalue weighted by Crippen LogP contribution is 2.39. The molecule has 6 rings (SSSR count). The number of ketones is 1. The Morgan fingerprint density at radius 3 is 2.97 bits per heavy atom. The van der Waals surface area contributed by atoms with E-state index in [-0.39, 0.29) is 17.9 Å². The lowest BCUT2D eigenvalue weighted by Gasteiger charge is -1.99. The van der Waals surface area contributed by atoms with Crippen LogP contribution in [-0.2, 0) is 12.9 Å². The van der Waals surface area contributed by atoms with Gasteiger partial charge in [-0.3, -0.25) is 9.48 Å². The van der Waals surface area contributed by atoms with E-state index < -0.39 is 6.37 Å². The van der Waals surface area contributed by atoms with E-state index in [1.165, 1.54) is 30.9 Å². The number of carbonyl (C=O) groups is 1. The molecular formula is C24H21ClN6O. The number of hydrogen-bond donors (Lipinski definition) is 0. The Balaban J connectivity index is 1.18. The fourth-order valence-electron chi connectivity index (χ4n) is 3.92. The van der Waals surface area contributed by atoms with Crippen LogP contribution in [0.2, 0.25) is 5.02 Å². The summed E-state index contributed by atoms with van der Waals surface area (Å²) in [6.45, 7) is 0.421. The van der Waals surface area contributed by atoms with Gasteiger partial charge in [0.05, 0.1) is 41.5 Å². The fourth-order valence-corrected chi connectivity index (χ4v) is 4.08. The van der Waals surface area contributed by atoms with Crippen LogP contribution in [0.5, 0.6) is 0 Å². The molecule has 0 bridgehead atoms. The molecule has 0 saturated heterocycles. The molecule has 0 unspecified atom stereocenters. The second-order valence-electron chi connectivity index (χ2n) is 8.17. The molecule has 1 aliphatic rings. The average Bonchev–Trinajstić information content (AvgIpc) is 3.20. The summed E-state index contributed by atoms with van der Waals surface area (Å²) in [6.07, 6.45) is 10.7. The van der Waals surface area contributed by atoms with E-state index >= 15 is 0 Å². The fraction of sp³-hybridized carbons (Fsp3) is 0.250. The third kappa shape index (κ3) is 3.69. The zero-order valence-electron chi connectivity index (χ0n) is 19.1. The molecule has 1 saturated carbocycles. The maximum absolute atomic E-state index is 12.9. The second kappa shape index (κ2) is 7.60. The van der Waals surface area contributed by atoms with E-state index in [2.05, 4.69) is 27.3 Å². The molecule has 32 heavy (non-hydrogen) atoms. The van der Waals surface area contributed by atoms with Crippen molar-refractivity contribution < 1.29 is 7.54 Å². The van der Waals surface area contributed by atoms with Gasteiger partial charge in [-0.1, -0.05) is 17.7 Å². The molecule has 0 spiro atoms. The number of carbonyl (C=O) groups excluding carboxylic acids is 1. The molecule has 5 aromatic heterocycles. The minimum atomic E-state index is -1.96. The van der Waals surface area contributed by atoms with E-state index in [0.29, 0.717) is 28.6 Å². The largest absolute Gasteiger partial charge is 0.306 e. The molecule has 0 N–H and O–H groups in total. The lowest BCUT2D eigenvalue weighted by Crippen LogP contribution is -2.02. The average molecular weight is 447 g/mol. The lowest BCUT2D eigenvalue weighted by molar-refractivity contribution is 0.0982. The molecule has 0 aromatic carbocycles. The lowest BCUT2D eigenvalue weighted by atomic mass is 10.1. The van der Waals surface area contributed by atoms with E-state index in [4.69, 9.17) is 14.3 Å². The Bertz CT molecular complexity index is 1550. The molecule has 0 atom stereocenters. The summed E-state index contributed by atoms with van der Waals surface area (Å²) in [4.78, 5) is 21.7. The zero-order valence-corrected chi connectivity index (χ0v) is 17.9. The molecule has 5 aromatic rings. The SMILES string of the molecule is [2H]C([2H])(CC(=O)c1cnn(Cc2cn3cc(C4CC4)ccc3n2)c1)c1ncn2ccc(Cl)cc12. The van der Waals surface area contributed by atoms with E-state index in [1.54, 1.807) is 33.6 Å². The molecule has 8 heteroatoms. The molecule has 1 fully saturated rings. The number of fused-ring (bicyclic) bond motifs is 2. The maximum atomic E-state index is 12.9. The number of aryl methyl sites for hydroxylation is 1. The first-order valence-electron chi connectivity index (χ1n) is 11.5. The molecule has 1 aliphatic carbocycles. The van der Waals surface area contributed by atoms with Gasteiger partial charge in [0.2, 0.25) is 0 Å². The van der Waals surface area contributed by atoms with Crippen molar-refractivity contribution in [3.63, 3.8) is 0 Å². The van der Waals surface area contributed by atoms with E-state index in [9.17, 15) is 4.79 Å². The van der Waals surface area contributed by atoms with Crippen LogP contribution in [-0.4, -0.2) is 34.3 Å². The van der Waals surface area contributed by atoms with Gasteiger partial charge in [-0.25, -0.2) is 9.97 Å². The summed E-state index contributed by atoms with van der Waals surface area (Å²) >= 11 is 6.07. The van der Waals surface area contributed by atoms with Gasteiger partial charge in [-0.05, 0) is 48.9 Å². The Hall–Kier alpha value is -3.45. The topological polar surface area (TPSA) is 69.5 Å². The van der Waals surface area contributed by atoms with Gasteiger partial charge in [-0.15, -0.1) is 0 Å². The summed E-state index contributed by atoms with van der Waals surface area (Å²) < 4.78 is 22.4. The Morgan fingerprint density at radius 2 is 2.09 bits per heavy atom. The molecule has 0 radical (unpaired) electrons. The smallest absolute Gasteiger partial charge is 0.166 e. The highest BCUT2D eigenvalue weighted by Gasteiger charge is 2.23. The van der Waals surface area contributed by atoms with Crippen molar-refractivity contribution in [2.75, 3.05) is 0 Å². The van der Waals surface area contributed by atoms with Gasteiger partial charge in [-0.2, -0.15) is 5.10 Å². The first-order chi connectivity index (χ1) is 16.4. The number of pyridine rings is 2. The van der Waals surface area contributed by atoms with Gasteiger partial charge < -0.3 is 8.80 Å². The van der Waals surface area contributed by atoms with Crippen molar-refractivity contribution in [2.45, 2.75) is 38.1 Å². The van der Waals surface area contributed by atoms with Gasteiger partial charge in [0.15, 0.2) is 5.78 Å². The van der Waals surface area contributed by atoms with Crippen LogP contribution >= 0.6 is 11.6 Å². The number of nitrogens with zero attached hydrogens (tertiary/aromatic N) is 6. The van der Waals surface area contributed by atoms with Gasteiger partial charge >= 0.3 is 0 Å². The monoisotopic (exact) mass is 446 g/mol. The summed E-state index contributed by atoms with van der Waals surface area (Å²) in [5, 5.41) is 4.78. The zero-order chi connectivity index (χ0) is 23.4. The first kappa shape index (κ1) is 17.1. The van der Waals surface area contributed by atoms with Crippen molar-refractivity contribution in [1.82, 2.24) is 28.5 Å². The van der Waals surface area contributed by atoms with Crippen LogP contribution in [0.3, 0.4) is 0 Å². The van der Waals surface area contributed by atoms with Crippen molar-refractivity contribution in [2.24, 2.45) is 0 Å². The van der Waals surface area contributed by atoms with Crippen LogP contribution in [0.25, 0.3) is 11.2 Å². The number of hydrogen-bond acceptors (Lipinski definition) is 4. The van der Waals surface area contributed by atoms with Crippen LogP contribution in [0.4, 0.5) is 0 Å². The van der Waals surface area contributed by atoms with Crippen molar-refractivity contribution in [1.29, 1.82) is 0 Å². The van der Waals surface area contributed by atoms with E-state index in [0.717, 1.165) is 11.3 Å². The Morgan fingerprint density at radius 1 is 1.19 bits per heavy atom. The van der Waals surface area contributed by atoms with Crippen LogP contribution in [0, 0.1) is 0 Å². The van der Waals surface area contributed by atoms with Crippen molar-refractivity contribution in [3.05, 3.63) is 89.1 Å². The Labute approximate surface area is 192 Å². The highest BCUT2D eigenvalue weighted by atomic mass is 35.5. The number of rotatable bonds is 7. The number of Topliss-reactive ketones (excluding diaryl/α,β-unsaturated/α-hetero) is 1. The molecule has 5 heterocycles. The van der Waals surface area contributed by atoms with Gasteiger partial charge in [0.25, 0.3) is 0 Å². The summed E-state index contributed by atoms with van der Waals surface area (Å²) in [5.41, 5.74) is 4.13. The number of aromatic nitrogens is 6. The molecule has 0 amide bonds. The van der Waals surface area contributed by atoms with Gasteiger partial charge in [0.1, 0.15) is 5.65 Å². The van der Waals surface area contributed by atoms with Crippen LogP contribution in [0.1, 0.15) is 55.2 Å². The quantitative estimate of drug-likeness (QED) is 0.343. The third-order valence-electron chi connectivity index (χ3n) is 5.77. The highest BCUT2D eigenvalue weighted by molar-refractivity contribution is 6.30.